The molecule has 3 rings (SSSR count). The Labute approximate surface area is 118 Å². The van der Waals surface area contributed by atoms with Gasteiger partial charge in [0, 0.05) is 5.39 Å². The molecular formula is C18H16O2. The highest BCUT2D eigenvalue weighted by Gasteiger charge is 2.13. The Morgan fingerprint density at radius 2 is 1.50 bits per heavy atom. The van der Waals surface area contributed by atoms with Crippen LogP contribution in [-0.4, -0.2) is 14.2 Å². The second-order valence-corrected chi connectivity index (χ2v) is 4.57. The number of benzene rings is 3. The molecule has 0 saturated heterocycles. The Bertz CT molecular complexity index is 733. The Hall–Kier alpha value is -2.48. The zero-order chi connectivity index (χ0) is 13.9. The van der Waals surface area contributed by atoms with Gasteiger partial charge in [-0.3, -0.25) is 0 Å². The highest BCUT2D eigenvalue weighted by molar-refractivity contribution is 6.02. The Balaban J connectivity index is 2.38. The molecular weight excluding hydrogens is 248 g/mol. The molecule has 0 aromatic heterocycles. The highest BCUT2D eigenvalue weighted by Crippen LogP contribution is 2.40. The standard InChI is InChI=1S/C18H16O2/c1-19-16-12-11-14-9-6-10-15(17(14)18(16)20-2)13-7-4-3-5-8-13/h3-12H,1-2H3. The van der Waals surface area contributed by atoms with Gasteiger partial charge in [0.1, 0.15) is 0 Å². The van der Waals surface area contributed by atoms with Crippen LogP contribution in [0.1, 0.15) is 0 Å². The van der Waals surface area contributed by atoms with E-state index in [1.54, 1.807) is 14.2 Å². The van der Waals surface area contributed by atoms with Crippen LogP contribution >= 0.6 is 0 Å². The van der Waals surface area contributed by atoms with Crippen molar-refractivity contribution in [2.45, 2.75) is 0 Å². The molecule has 3 aromatic carbocycles. The van der Waals surface area contributed by atoms with Crippen molar-refractivity contribution >= 4 is 10.8 Å². The van der Waals surface area contributed by atoms with Crippen LogP contribution < -0.4 is 9.47 Å². The minimum absolute atomic E-state index is 0.753. The summed E-state index contributed by atoms with van der Waals surface area (Å²) >= 11 is 0. The van der Waals surface area contributed by atoms with Crippen LogP contribution in [-0.2, 0) is 0 Å². The van der Waals surface area contributed by atoms with Crippen molar-refractivity contribution in [1.82, 2.24) is 0 Å². The van der Waals surface area contributed by atoms with E-state index in [0.29, 0.717) is 0 Å². The van der Waals surface area contributed by atoms with Crippen LogP contribution in [0.15, 0.2) is 60.7 Å². The lowest BCUT2D eigenvalue weighted by atomic mass is 9.97. The van der Waals surface area contributed by atoms with Gasteiger partial charge >= 0.3 is 0 Å². The maximum atomic E-state index is 5.59. The van der Waals surface area contributed by atoms with Crippen LogP contribution in [0, 0.1) is 0 Å². The maximum Gasteiger partial charge on any atom is 0.169 e. The molecule has 0 heterocycles. The van der Waals surface area contributed by atoms with Crippen molar-refractivity contribution in [2.24, 2.45) is 0 Å². The van der Waals surface area contributed by atoms with E-state index < -0.39 is 0 Å². The van der Waals surface area contributed by atoms with Crippen LogP contribution in [0.25, 0.3) is 21.9 Å². The van der Waals surface area contributed by atoms with Gasteiger partial charge < -0.3 is 9.47 Å². The first-order valence-corrected chi connectivity index (χ1v) is 6.54. The lowest BCUT2D eigenvalue weighted by Gasteiger charge is -2.14. The molecule has 0 aliphatic carbocycles. The fourth-order valence-electron chi connectivity index (χ4n) is 2.55. The molecule has 3 aromatic rings. The van der Waals surface area contributed by atoms with E-state index in [0.717, 1.165) is 27.8 Å². The van der Waals surface area contributed by atoms with Crippen molar-refractivity contribution in [3.63, 3.8) is 0 Å². The summed E-state index contributed by atoms with van der Waals surface area (Å²) in [6.07, 6.45) is 0. The summed E-state index contributed by atoms with van der Waals surface area (Å²) in [6, 6.07) is 20.6. The first-order valence-electron chi connectivity index (χ1n) is 6.54. The third kappa shape index (κ3) is 1.99. The van der Waals surface area contributed by atoms with Crippen molar-refractivity contribution in [3.05, 3.63) is 60.7 Å². The summed E-state index contributed by atoms with van der Waals surface area (Å²) in [7, 11) is 3.34. The van der Waals surface area contributed by atoms with Crippen molar-refractivity contribution in [1.29, 1.82) is 0 Å². The zero-order valence-corrected chi connectivity index (χ0v) is 11.6. The Kier molecular flexibility index (Phi) is 3.30. The molecule has 0 unspecified atom stereocenters. The molecule has 2 nitrogen and oxygen atoms in total. The third-order valence-electron chi connectivity index (χ3n) is 3.47. The second-order valence-electron chi connectivity index (χ2n) is 4.57. The lowest BCUT2D eigenvalue weighted by Crippen LogP contribution is -1.93. The van der Waals surface area contributed by atoms with E-state index in [1.165, 1.54) is 5.56 Å². The second kappa shape index (κ2) is 5.25. The molecule has 20 heavy (non-hydrogen) atoms. The minimum atomic E-state index is 0.753. The topological polar surface area (TPSA) is 18.5 Å². The van der Waals surface area contributed by atoms with E-state index in [-0.39, 0.29) is 0 Å². The average molecular weight is 264 g/mol. The zero-order valence-electron chi connectivity index (χ0n) is 11.6. The summed E-state index contributed by atoms with van der Waals surface area (Å²) in [5.74, 6) is 1.54. The summed E-state index contributed by atoms with van der Waals surface area (Å²) in [5.41, 5.74) is 2.32. The number of fused-ring (bicyclic) bond motifs is 1. The molecule has 0 radical (unpaired) electrons. The van der Waals surface area contributed by atoms with Gasteiger partial charge in [-0.2, -0.15) is 0 Å². The molecule has 0 fully saturated rings. The van der Waals surface area contributed by atoms with Gasteiger partial charge in [-0.25, -0.2) is 0 Å². The van der Waals surface area contributed by atoms with Gasteiger partial charge in [0.25, 0.3) is 0 Å². The number of ether oxygens (including phenoxy) is 2. The normalized spacial score (nSPS) is 10.5. The number of hydrogen-bond acceptors (Lipinski definition) is 2. The molecule has 2 heteroatoms. The first-order chi connectivity index (χ1) is 9.85. The SMILES string of the molecule is COc1ccc2cccc(-c3ccccc3)c2c1OC. The van der Waals surface area contributed by atoms with E-state index >= 15 is 0 Å². The molecule has 0 aliphatic heterocycles. The molecule has 0 atom stereocenters. The fourth-order valence-corrected chi connectivity index (χ4v) is 2.55. The minimum Gasteiger partial charge on any atom is -0.493 e. The lowest BCUT2D eigenvalue weighted by molar-refractivity contribution is 0.358. The number of methoxy groups -OCH3 is 2. The Morgan fingerprint density at radius 3 is 2.20 bits per heavy atom. The van der Waals surface area contributed by atoms with Gasteiger partial charge in [0.05, 0.1) is 14.2 Å². The molecule has 0 amide bonds. The van der Waals surface area contributed by atoms with E-state index in [1.807, 2.05) is 24.3 Å². The quantitative estimate of drug-likeness (QED) is 0.692. The summed E-state index contributed by atoms with van der Waals surface area (Å²) in [6.45, 7) is 0. The smallest absolute Gasteiger partial charge is 0.169 e. The van der Waals surface area contributed by atoms with Gasteiger partial charge in [-0.1, -0.05) is 54.6 Å². The van der Waals surface area contributed by atoms with Crippen molar-refractivity contribution in [3.8, 4) is 22.6 Å². The van der Waals surface area contributed by atoms with Gasteiger partial charge in [-0.15, -0.1) is 0 Å². The summed E-state index contributed by atoms with van der Waals surface area (Å²) < 4.78 is 11.0. The maximum absolute atomic E-state index is 5.59. The molecule has 0 aliphatic rings. The number of rotatable bonds is 3. The molecule has 0 bridgehead atoms. The van der Waals surface area contributed by atoms with Crippen LogP contribution in [0.3, 0.4) is 0 Å². The Morgan fingerprint density at radius 1 is 0.700 bits per heavy atom. The van der Waals surface area contributed by atoms with E-state index in [4.69, 9.17) is 9.47 Å². The van der Waals surface area contributed by atoms with E-state index in [9.17, 15) is 0 Å². The van der Waals surface area contributed by atoms with Crippen LogP contribution in [0.4, 0.5) is 0 Å². The highest BCUT2D eigenvalue weighted by atomic mass is 16.5. The summed E-state index contributed by atoms with van der Waals surface area (Å²) in [4.78, 5) is 0. The van der Waals surface area contributed by atoms with E-state index in [2.05, 4.69) is 36.4 Å². The summed E-state index contributed by atoms with van der Waals surface area (Å²) in [5, 5.41) is 2.23. The predicted molar refractivity (Wildman–Crippen MR) is 82.5 cm³/mol. The predicted octanol–water partition coefficient (Wildman–Crippen LogP) is 4.52. The van der Waals surface area contributed by atoms with Crippen LogP contribution in [0.5, 0.6) is 11.5 Å². The average Bonchev–Trinajstić information content (AvgIpc) is 2.53. The molecule has 0 saturated carbocycles. The first kappa shape index (κ1) is 12.5. The van der Waals surface area contributed by atoms with Gasteiger partial charge in [0.15, 0.2) is 11.5 Å². The van der Waals surface area contributed by atoms with Crippen LogP contribution in [0.2, 0.25) is 0 Å². The van der Waals surface area contributed by atoms with Gasteiger partial charge in [0.2, 0.25) is 0 Å². The third-order valence-corrected chi connectivity index (χ3v) is 3.47. The monoisotopic (exact) mass is 264 g/mol. The number of hydrogen-bond donors (Lipinski definition) is 0. The molecule has 100 valence electrons. The largest absolute Gasteiger partial charge is 0.493 e. The molecule has 0 spiro atoms. The van der Waals surface area contributed by atoms with Crippen molar-refractivity contribution in [2.75, 3.05) is 14.2 Å². The van der Waals surface area contributed by atoms with Gasteiger partial charge in [-0.05, 0) is 22.6 Å². The fraction of sp³-hybridized carbons (Fsp3) is 0.111. The van der Waals surface area contributed by atoms with Crippen molar-refractivity contribution < 1.29 is 9.47 Å². The molecule has 0 N–H and O–H groups in total.